The Hall–Kier alpha value is -0.840. The van der Waals surface area contributed by atoms with Gasteiger partial charge in [-0.1, -0.05) is 0 Å². The average Bonchev–Trinajstić information content (AvgIpc) is 2.44. The van der Waals surface area contributed by atoms with Gasteiger partial charge in [-0.05, 0) is 27.7 Å². The first-order valence-corrected chi connectivity index (χ1v) is 5.52. The highest BCUT2D eigenvalue weighted by Crippen LogP contribution is 2.25. The molecule has 0 aromatic rings. The van der Waals surface area contributed by atoms with Crippen LogP contribution in [0.1, 0.15) is 34.1 Å². The molecule has 0 aromatic carbocycles. The second kappa shape index (κ2) is 4.57. The van der Waals surface area contributed by atoms with E-state index < -0.39 is 30.0 Å². The lowest BCUT2D eigenvalue weighted by Crippen LogP contribution is -2.44. The molecule has 0 bridgehead atoms. The molecule has 1 aliphatic rings. The number of amides is 1. The summed E-state index contributed by atoms with van der Waals surface area (Å²) in [4.78, 5) is 13.0. The number of likely N-dealkylation sites (tertiary alicyclic amines) is 1. The van der Waals surface area contributed by atoms with Crippen molar-refractivity contribution in [1.29, 1.82) is 0 Å². The van der Waals surface area contributed by atoms with E-state index in [4.69, 9.17) is 4.74 Å². The first-order chi connectivity index (χ1) is 7.20. The second-order valence-corrected chi connectivity index (χ2v) is 5.27. The fraction of sp³-hybridized carbons (Fsp3) is 0.909. The van der Waals surface area contributed by atoms with Crippen LogP contribution in [-0.4, -0.2) is 46.6 Å². The predicted octanol–water partition coefficient (Wildman–Crippen LogP) is 1.71. The van der Waals surface area contributed by atoms with Crippen molar-refractivity contribution in [3.63, 3.8) is 0 Å². The molecule has 1 N–H and O–H groups in total. The Labute approximate surface area is 95.4 Å². The van der Waals surface area contributed by atoms with Crippen LogP contribution in [0.2, 0.25) is 0 Å². The van der Waals surface area contributed by atoms with Gasteiger partial charge >= 0.3 is 6.09 Å². The summed E-state index contributed by atoms with van der Waals surface area (Å²) in [5.74, 6) is 0. The molecule has 5 heteroatoms. The monoisotopic (exact) mass is 233 g/mol. The van der Waals surface area contributed by atoms with Gasteiger partial charge in [0.15, 0.2) is 0 Å². The van der Waals surface area contributed by atoms with Crippen LogP contribution in [0.3, 0.4) is 0 Å². The van der Waals surface area contributed by atoms with Crippen LogP contribution < -0.4 is 0 Å². The first-order valence-electron chi connectivity index (χ1n) is 5.52. The molecule has 0 spiro atoms. The van der Waals surface area contributed by atoms with Crippen LogP contribution in [0.5, 0.6) is 0 Å². The van der Waals surface area contributed by atoms with Crippen molar-refractivity contribution < 1.29 is 19.0 Å². The summed E-state index contributed by atoms with van der Waals surface area (Å²) in [5, 5.41) is 9.47. The number of aliphatic hydroxyl groups is 1. The molecule has 0 radical (unpaired) electrons. The molecule has 0 saturated carbocycles. The molecule has 3 atom stereocenters. The van der Waals surface area contributed by atoms with Gasteiger partial charge in [-0.3, -0.25) is 4.90 Å². The van der Waals surface area contributed by atoms with E-state index in [9.17, 15) is 14.3 Å². The quantitative estimate of drug-likeness (QED) is 0.750. The zero-order chi connectivity index (χ0) is 12.5. The molecule has 1 fully saturated rings. The maximum Gasteiger partial charge on any atom is 0.410 e. The highest BCUT2D eigenvalue weighted by Gasteiger charge is 2.39. The van der Waals surface area contributed by atoms with Crippen molar-refractivity contribution in [2.75, 3.05) is 6.54 Å². The fourth-order valence-corrected chi connectivity index (χ4v) is 1.80. The summed E-state index contributed by atoms with van der Waals surface area (Å²) in [6.07, 6.45) is -2.20. The molecular formula is C11H20FNO3. The molecule has 1 amide bonds. The summed E-state index contributed by atoms with van der Waals surface area (Å²) >= 11 is 0. The van der Waals surface area contributed by atoms with E-state index in [1.54, 1.807) is 27.7 Å². The zero-order valence-corrected chi connectivity index (χ0v) is 10.2. The van der Waals surface area contributed by atoms with Crippen molar-refractivity contribution >= 4 is 6.09 Å². The standard InChI is InChI=1S/C11H20FNO3/c1-7(14)9-5-8(12)6-13(9)10(15)16-11(2,3)4/h7-9,14H,5-6H2,1-4H3/t7-,8+,9-/m1/s1. The largest absolute Gasteiger partial charge is 0.444 e. The second-order valence-electron chi connectivity index (χ2n) is 5.27. The first kappa shape index (κ1) is 13.2. The summed E-state index contributed by atoms with van der Waals surface area (Å²) in [5.41, 5.74) is -0.602. The Morgan fingerprint density at radius 2 is 2.12 bits per heavy atom. The Morgan fingerprint density at radius 1 is 1.56 bits per heavy atom. The van der Waals surface area contributed by atoms with Gasteiger partial charge in [0.2, 0.25) is 0 Å². The van der Waals surface area contributed by atoms with Crippen molar-refractivity contribution in [1.82, 2.24) is 4.90 Å². The van der Waals surface area contributed by atoms with Gasteiger partial charge in [-0.2, -0.15) is 0 Å². The van der Waals surface area contributed by atoms with Gasteiger partial charge in [0.25, 0.3) is 0 Å². The number of carbonyl (C=O) groups excluding carboxylic acids is 1. The molecule has 16 heavy (non-hydrogen) atoms. The summed E-state index contributed by atoms with van der Waals surface area (Å²) < 4.78 is 18.4. The number of alkyl halides is 1. The number of aliphatic hydroxyl groups excluding tert-OH is 1. The number of nitrogens with zero attached hydrogens (tertiary/aromatic N) is 1. The van der Waals surface area contributed by atoms with Crippen LogP contribution in [0.15, 0.2) is 0 Å². The number of ether oxygens (including phenoxy) is 1. The number of halogens is 1. The minimum atomic E-state index is -1.08. The maximum atomic E-state index is 13.2. The van der Waals surface area contributed by atoms with E-state index in [2.05, 4.69) is 0 Å². The van der Waals surface area contributed by atoms with Crippen molar-refractivity contribution in [2.24, 2.45) is 0 Å². The van der Waals surface area contributed by atoms with Crippen LogP contribution in [0, 0.1) is 0 Å². The molecule has 0 aromatic heterocycles. The molecule has 1 saturated heterocycles. The molecular weight excluding hydrogens is 213 g/mol. The molecule has 1 aliphatic heterocycles. The lowest BCUT2D eigenvalue weighted by Gasteiger charge is -2.29. The topological polar surface area (TPSA) is 49.8 Å². The van der Waals surface area contributed by atoms with Crippen LogP contribution in [-0.2, 0) is 4.74 Å². The van der Waals surface area contributed by atoms with Gasteiger partial charge in [0.1, 0.15) is 11.8 Å². The summed E-state index contributed by atoms with van der Waals surface area (Å²) in [7, 11) is 0. The molecule has 1 rings (SSSR count). The van der Waals surface area contributed by atoms with E-state index in [0.29, 0.717) is 0 Å². The highest BCUT2D eigenvalue weighted by molar-refractivity contribution is 5.69. The van der Waals surface area contributed by atoms with Crippen LogP contribution in [0.25, 0.3) is 0 Å². The Morgan fingerprint density at radius 3 is 2.56 bits per heavy atom. The normalized spacial score (nSPS) is 28.0. The van der Waals surface area contributed by atoms with Crippen molar-refractivity contribution in [2.45, 2.75) is 58.0 Å². The Kier molecular flexibility index (Phi) is 3.78. The molecule has 0 aliphatic carbocycles. The minimum absolute atomic E-state index is 0.00444. The fourth-order valence-electron chi connectivity index (χ4n) is 1.80. The molecule has 0 unspecified atom stereocenters. The predicted molar refractivity (Wildman–Crippen MR) is 57.9 cm³/mol. The van der Waals surface area contributed by atoms with Gasteiger partial charge in [-0.15, -0.1) is 0 Å². The number of carbonyl (C=O) groups is 1. The zero-order valence-electron chi connectivity index (χ0n) is 10.2. The number of rotatable bonds is 1. The molecule has 1 heterocycles. The van der Waals surface area contributed by atoms with Crippen LogP contribution in [0.4, 0.5) is 9.18 Å². The van der Waals surface area contributed by atoms with Gasteiger partial charge in [-0.25, -0.2) is 9.18 Å². The van der Waals surface area contributed by atoms with E-state index >= 15 is 0 Å². The molecule has 4 nitrogen and oxygen atoms in total. The lowest BCUT2D eigenvalue weighted by molar-refractivity contribution is 0.00771. The van der Waals surface area contributed by atoms with E-state index in [-0.39, 0.29) is 13.0 Å². The third-order valence-corrected chi connectivity index (χ3v) is 2.48. The Bertz CT molecular complexity index is 262. The highest BCUT2D eigenvalue weighted by atomic mass is 19.1. The van der Waals surface area contributed by atoms with E-state index in [1.165, 1.54) is 4.90 Å². The molecule has 94 valence electrons. The van der Waals surface area contributed by atoms with Gasteiger partial charge in [0, 0.05) is 6.42 Å². The Balaban J connectivity index is 2.67. The van der Waals surface area contributed by atoms with Crippen molar-refractivity contribution in [3.8, 4) is 0 Å². The van der Waals surface area contributed by atoms with Gasteiger partial charge in [0.05, 0.1) is 18.7 Å². The summed E-state index contributed by atoms with van der Waals surface area (Å²) in [6, 6.07) is -0.482. The van der Waals surface area contributed by atoms with E-state index in [1.807, 2.05) is 0 Å². The lowest BCUT2D eigenvalue weighted by atomic mass is 10.1. The van der Waals surface area contributed by atoms with Gasteiger partial charge < -0.3 is 9.84 Å². The third kappa shape index (κ3) is 3.33. The number of hydrogen-bond donors (Lipinski definition) is 1. The minimum Gasteiger partial charge on any atom is -0.444 e. The smallest absolute Gasteiger partial charge is 0.410 e. The SMILES string of the molecule is C[C@@H](O)[C@H]1C[C@H](F)CN1C(=O)OC(C)(C)C. The van der Waals surface area contributed by atoms with Crippen molar-refractivity contribution in [3.05, 3.63) is 0 Å². The number of hydrogen-bond acceptors (Lipinski definition) is 3. The summed E-state index contributed by atoms with van der Waals surface area (Å²) in [6.45, 7) is 6.83. The van der Waals surface area contributed by atoms with E-state index in [0.717, 1.165) is 0 Å². The average molecular weight is 233 g/mol. The third-order valence-electron chi connectivity index (χ3n) is 2.48. The van der Waals surface area contributed by atoms with Crippen LogP contribution >= 0.6 is 0 Å². The maximum absolute atomic E-state index is 13.2.